The van der Waals surface area contributed by atoms with Crippen LogP contribution in [0.3, 0.4) is 0 Å². The molecule has 1 aliphatic heterocycles. The standard InChI is InChI=1S/C15H17F3N2O2/c1-10(21)20-8-2-3-13(20)14(22)19-9-11-4-6-12(7-5-11)15(16,17)18/h4-7,13H,2-3,8-9H2,1H3,(H,19,22). The van der Waals surface area contributed by atoms with Gasteiger partial charge >= 0.3 is 6.18 Å². The van der Waals surface area contributed by atoms with Gasteiger partial charge in [0, 0.05) is 20.0 Å². The lowest BCUT2D eigenvalue weighted by Gasteiger charge is -2.22. The average Bonchev–Trinajstić information content (AvgIpc) is 2.94. The van der Waals surface area contributed by atoms with Crippen molar-refractivity contribution in [3.63, 3.8) is 0 Å². The number of halogens is 3. The maximum absolute atomic E-state index is 12.4. The second-order valence-corrected chi connectivity index (χ2v) is 5.28. The number of likely N-dealkylation sites (tertiary alicyclic amines) is 1. The Morgan fingerprint density at radius 1 is 1.27 bits per heavy atom. The van der Waals surface area contributed by atoms with Gasteiger partial charge in [0.25, 0.3) is 0 Å². The molecular formula is C15H17F3N2O2. The van der Waals surface area contributed by atoms with Gasteiger partial charge in [0.2, 0.25) is 11.8 Å². The van der Waals surface area contributed by atoms with Crippen molar-refractivity contribution < 1.29 is 22.8 Å². The normalized spacial score (nSPS) is 18.4. The molecule has 120 valence electrons. The van der Waals surface area contributed by atoms with Gasteiger partial charge in [-0.05, 0) is 30.5 Å². The molecule has 1 saturated heterocycles. The van der Waals surface area contributed by atoms with Gasteiger partial charge in [0.15, 0.2) is 0 Å². The van der Waals surface area contributed by atoms with Gasteiger partial charge in [-0.25, -0.2) is 0 Å². The first-order valence-corrected chi connectivity index (χ1v) is 7.00. The van der Waals surface area contributed by atoms with Crippen LogP contribution < -0.4 is 5.32 Å². The highest BCUT2D eigenvalue weighted by molar-refractivity contribution is 5.87. The summed E-state index contributed by atoms with van der Waals surface area (Å²) in [7, 11) is 0. The molecule has 7 heteroatoms. The van der Waals surface area contributed by atoms with Crippen LogP contribution in [0.5, 0.6) is 0 Å². The van der Waals surface area contributed by atoms with E-state index < -0.39 is 17.8 Å². The molecule has 0 aromatic heterocycles. The van der Waals surface area contributed by atoms with Crippen LogP contribution in [0.25, 0.3) is 0 Å². The fraction of sp³-hybridized carbons (Fsp3) is 0.467. The summed E-state index contributed by atoms with van der Waals surface area (Å²) in [5.74, 6) is -0.417. The molecule has 1 unspecified atom stereocenters. The molecule has 4 nitrogen and oxygen atoms in total. The van der Waals surface area contributed by atoms with Crippen molar-refractivity contribution in [2.45, 2.75) is 38.5 Å². The van der Waals surface area contributed by atoms with Crippen molar-refractivity contribution in [1.82, 2.24) is 10.2 Å². The van der Waals surface area contributed by atoms with E-state index in [1.54, 1.807) is 0 Å². The summed E-state index contributed by atoms with van der Waals surface area (Å²) in [6.45, 7) is 2.12. The molecular weight excluding hydrogens is 297 g/mol. The molecule has 0 spiro atoms. The number of carbonyl (C=O) groups is 2. The Kier molecular flexibility index (Phi) is 4.73. The van der Waals surface area contributed by atoms with Crippen molar-refractivity contribution in [2.75, 3.05) is 6.54 Å². The van der Waals surface area contributed by atoms with E-state index in [1.165, 1.54) is 24.0 Å². The highest BCUT2D eigenvalue weighted by atomic mass is 19.4. The second-order valence-electron chi connectivity index (χ2n) is 5.28. The van der Waals surface area contributed by atoms with Gasteiger partial charge in [-0.1, -0.05) is 12.1 Å². The van der Waals surface area contributed by atoms with Crippen molar-refractivity contribution in [3.8, 4) is 0 Å². The zero-order valence-electron chi connectivity index (χ0n) is 12.1. The molecule has 1 aromatic carbocycles. The fourth-order valence-corrected chi connectivity index (χ4v) is 2.53. The van der Waals surface area contributed by atoms with Crippen molar-refractivity contribution in [1.29, 1.82) is 0 Å². The number of alkyl halides is 3. The Hall–Kier alpha value is -2.05. The summed E-state index contributed by atoms with van der Waals surface area (Å²) in [6.07, 6.45) is -2.98. The van der Waals surface area contributed by atoms with Crippen LogP contribution in [0.1, 0.15) is 30.9 Å². The SMILES string of the molecule is CC(=O)N1CCCC1C(=O)NCc1ccc(C(F)(F)F)cc1. The minimum absolute atomic E-state index is 0.138. The van der Waals surface area contributed by atoms with Crippen LogP contribution in [0, 0.1) is 0 Å². The Morgan fingerprint density at radius 2 is 1.91 bits per heavy atom. The van der Waals surface area contributed by atoms with Crippen LogP contribution in [0.15, 0.2) is 24.3 Å². The van der Waals surface area contributed by atoms with Crippen molar-refractivity contribution in [3.05, 3.63) is 35.4 Å². The van der Waals surface area contributed by atoms with Gasteiger partial charge in [0.1, 0.15) is 6.04 Å². The fourth-order valence-electron chi connectivity index (χ4n) is 2.53. The molecule has 1 atom stereocenters. The molecule has 2 amide bonds. The predicted octanol–water partition coefficient (Wildman–Crippen LogP) is 2.33. The maximum Gasteiger partial charge on any atom is 0.416 e. The number of benzene rings is 1. The number of nitrogens with one attached hydrogen (secondary N) is 1. The van der Waals surface area contributed by atoms with Crippen LogP contribution in [0.2, 0.25) is 0 Å². The molecule has 1 aromatic rings. The van der Waals surface area contributed by atoms with E-state index in [1.807, 2.05) is 0 Å². The van der Waals surface area contributed by atoms with E-state index in [2.05, 4.69) is 5.32 Å². The number of carbonyl (C=O) groups excluding carboxylic acids is 2. The first kappa shape index (κ1) is 16.3. The van der Waals surface area contributed by atoms with Gasteiger partial charge in [-0.3, -0.25) is 9.59 Å². The Morgan fingerprint density at radius 3 is 2.45 bits per heavy atom. The molecule has 0 aliphatic carbocycles. The summed E-state index contributed by atoms with van der Waals surface area (Å²) < 4.78 is 37.3. The Bertz CT molecular complexity index is 555. The summed E-state index contributed by atoms with van der Waals surface area (Å²) in [6, 6.07) is 4.16. The molecule has 22 heavy (non-hydrogen) atoms. The van der Waals surface area contributed by atoms with Crippen LogP contribution in [-0.4, -0.2) is 29.3 Å². The molecule has 0 bridgehead atoms. The summed E-state index contributed by atoms with van der Waals surface area (Å²) in [4.78, 5) is 25.0. The minimum Gasteiger partial charge on any atom is -0.350 e. The van der Waals surface area contributed by atoms with E-state index >= 15 is 0 Å². The monoisotopic (exact) mass is 314 g/mol. The van der Waals surface area contributed by atoms with Gasteiger partial charge in [0.05, 0.1) is 5.56 Å². The lowest BCUT2D eigenvalue weighted by molar-refractivity contribution is -0.137. The van der Waals surface area contributed by atoms with Crippen molar-refractivity contribution in [2.24, 2.45) is 0 Å². The zero-order chi connectivity index (χ0) is 16.3. The molecule has 1 heterocycles. The average molecular weight is 314 g/mol. The zero-order valence-corrected chi connectivity index (χ0v) is 12.1. The molecule has 1 fully saturated rings. The van der Waals surface area contributed by atoms with Crippen molar-refractivity contribution >= 4 is 11.8 Å². The quantitative estimate of drug-likeness (QED) is 0.931. The first-order valence-electron chi connectivity index (χ1n) is 7.00. The molecule has 1 aliphatic rings. The molecule has 1 N–H and O–H groups in total. The highest BCUT2D eigenvalue weighted by Crippen LogP contribution is 2.29. The summed E-state index contributed by atoms with van der Waals surface area (Å²) >= 11 is 0. The minimum atomic E-state index is -4.37. The Balaban J connectivity index is 1.92. The van der Waals surface area contributed by atoms with E-state index in [0.717, 1.165) is 18.6 Å². The van der Waals surface area contributed by atoms with E-state index in [4.69, 9.17) is 0 Å². The predicted molar refractivity (Wildman–Crippen MR) is 73.7 cm³/mol. The second kappa shape index (κ2) is 6.37. The van der Waals surface area contributed by atoms with E-state index in [0.29, 0.717) is 18.5 Å². The van der Waals surface area contributed by atoms with Crippen LogP contribution in [0.4, 0.5) is 13.2 Å². The lowest BCUT2D eigenvalue weighted by atomic mass is 10.1. The summed E-state index contributed by atoms with van der Waals surface area (Å²) in [5.41, 5.74) is -0.144. The third-order valence-corrected chi connectivity index (χ3v) is 3.71. The first-order chi connectivity index (χ1) is 10.3. The van der Waals surface area contributed by atoms with Crippen LogP contribution >= 0.6 is 0 Å². The van der Waals surface area contributed by atoms with Gasteiger partial charge in [-0.2, -0.15) is 13.2 Å². The maximum atomic E-state index is 12.4. The smallest absolute Gasteiger partial charge is 0.350 e. The number of hydrogen-bond acceptors (Lipinski definition) is 2. The largest absolute Gasteiger partial charge is 0.416 e. The van der Waals surface area contributed by atoms with E-state index in [9.17, 15) is 22.8 Å². The third kappa shape index (κ3) is 3.78. The van der Waals surface area contributed by atoms with Crippen LogP contribution in [-0.2, 0) is 22.3 Å². The molecule has 0 saturated carbocycles. The number of amides is 2. The number of rotatable bonds is 3. The summed E-state index contributed by atoms with van der Waals surface area (Å²) in [5, 5.41) is 2.67. The topological polar surface area (TPSA) is 49.4 Å². The Labute approximate surface area is 126 Å². The van der Waals surface area contributed by atoms with E-state index in [-0.39, 0.29) is 18.4 Å². The van der Waals surface area contributed by atoms with Gasteiger partial charge < -0.3 is 10.2 Å². The van der Waals surface area contributed by atoms with Gasteiger partial charge in [-0.15, -0.1) is 0 Å². The third-order valence-electron chi connectivity index (χ3n) is 3.71. The number of nitrogens with zero attached hydrogens (tertiary/aromatic N) is 1. The molecule has 2 rings (SSSR count). The number of hydrogen-bond donors (Lipinski definition) is 1. The molecule has 0 radical (unpaired) electrons. The highest BCUT2D eigenvalue weighted by Gasteiger charge is 2.32. The lowest BCUT2D eigenvalue weighted by Crippen LogP contribution is -2.44.